The first-order valence-electron chi connectivity index (χ1n) is 10.3. The number of amides is 1. The maximum absolute atomic E-state index is 12.2. The largest absolute Gasteiger partial charge is 0.484 e. The van der Waals surface area contributed by atoms with Crippen LogP contribution >= 0.6 is 0 Å². The highest BCUT2D eigenvalue weighted by Gasteiger charge is 2.17. The van der Waals surface area contributed by atoms with Gasteiger partial charge in [-0.05, 0) is 54.1 Å². The molecule has 1 fully saturated rings. The van der Waals surface area contributed by atoms with E-state index in [0.717, 1.165) is 16.9 Å². The Balaban J connectivity index is 1.40. The van der Waals surface area contributed by atoms with Crippen LogP contribution in [0.1, 0.15) is 5.56 Å². The van der Waals surface area contributed by atoms with E-state index in [1.54, 1.807) is 4.90 Å². The van der Waals surface area contributed by atoms with E-state index in [-0.39, 0.29) is 12.5 Å². The molecule has 0 N–H and O–H groups in total. The standard InChI is InChI=1S/C25H25N3O3/c29-25(27-15-17-30-18-16-27)20-31-24-13-11-21(12-14-24)19-26-28(22-7-3-1-4-8-22)23-9-5-2-6-10-23/h1-14,19H,15-18,20H2/b26-19-. The third kappa shape index (κ3) is 5.71. The topological polar surface area (TPSA) is 54.4 Å². The number of benzene rings is 3. The smallest absolute Gasteiger partial charge is 0.260 e. The van der Waals surface area contributed by atoms with Crippen LogP contribution in [0, 0.1) is 0 Å². The van der Waals surface area contributed by atoms with Crippen molar-refractivity contribution in [1.82, 2.24) is 4.90 Å². The molecule has 158 valence electrons. The first kappa shape index (κ1) is 20.6. The molecule has 0 atom stereocenters. The van der Waals surface area contributed by atoms with Gasteiger partial charge >= 0.3 is 0 Å². The summed E-state index contributed by atoms with van der Waals surface area (Å²) in [4.78, 5) is 14.0. The zero-order chi connectivity index (χ0) is 21.3. The van der Waals surface area contributed by atoms with E-state index in [9.17, 15) is 4.79 Å². The van der Waals surface area contributed by atoms with E-state index in [1.165, 1.54) is 0 Å². The molecule has 1 aliphatic heterocycles. The number of hydrogen-bond donors (Lipinski definition) is 0. The van der Waals surface area contributed by atoms with Crippen LogP contribution < -0.4 is 9.75 Å². The molecule has 1 aliphatic rings. The summed E-state index contributed by atoms with van der Waals surface area (Å²) in [6, 6.07) is 27.6. The zero-order valence-electron chi connectivity index (χ0n) is 17.3. The van der Waals surface area contributed by atoms with E-state index in [4.69, 9.17) is 14.6 Å². The lowest BCUT2D eigenvalue weighted by molar-refractivity contribution is -0.137. The highest BCUT2D eigenvalue weighted by atomic mass is 16.5. The normalized spacial score (nSPS) is 13.9. The lowest BCUT2D eigenvalue weighted by Gasteiger charge is -2.26. The molecular formula is C25H25N3O3. The Morgan fingerprint density at radius 1 is 0.903 bits per heavy atom. The molecule has 1 saturated heterocycles. The fourth-order valence-corrected chi connectivity index (χ4v) is 3.24. The van der Waals surface area contributed by atoms with E-state index >= 15 is 0 Å². The van der Waals surface area contributed by atoms with Crippen LogP contribution in [0.3, 0.4) is 0 Å². The Labute approximate surface area is 182 Å². The summed E-state index contributed by atoms with van der Waals surface area (Å²) in [5, 5.41) is 6.59. The van der Waals surface area contributed by atoms with Crippen molar-refractivity contribution < 1.29 is 14.3 Å². The molecule has 0 bridgehead atoms. The number of hydrogen-bond acceptors (Lipinski definition) is 5. The maximum atomic E-state index is 12.2. The highest BCUT2D eigenvalue weighted by Crippen LogP contribution is 2.25. The Hall–Kier alpha value is -3.64. The van der Waals surface area contributed by atoms with Crippen LogP contribution in [-0.2, 0) is 9.53 Å². The van der Waals surface area contributed by atoms with Gasteiger partial charge in [0.1, 0.15) is 5.75 Å². The van der Waals surface area contributed by atoms with Gasteiger partial charge in [0.2, 0.25) is 0 Å². The third-order valence-corrected chi connectivity index (χ3v) is 4.93. The number of morpholine rings is 1. The van der Waals surface area contributed by atoms with Crippen molar-refractivity contribution in [3.05, 3.63) is 90.5 Å². The molecule has 6 nitrogen and oxygen atoms in total. The number of ether oxygens (including phenoxy) is 2. The molecule has 0 unspecified atom stereocenters. The van der Waals surface area contributed by atoms with E-state index in [0.29, 0.717) is 32.1 Å². The van der Waals surface area contributed by atoms with E-state index < -0.39 is 0 Å². The van der Waals surface area contributed by atoms with Gasteiger partial charge < -0.3 is 14.4 Å². The van der Waals surface area contributed by atoms with Gasteiger partial charge in [-0.3, -0.25) is 4.79 Å². The SMILES string of the molecule is O=C(COc1ccc(/C=N\N(c2ccccc2)c2ccccc2)cc1)N1CCOCC1. The third-order valence-electron chi connectivity index (χ3n) is 4.93. The number of carbonyl (C=O) groups is 1. The van der Waals surface area contributed by atoms with Crippen molar-refractivity contribution in [2.24, 2.45) is 5.10 Å². The predicted molar refractivity (Wildman–Crippen MR) is 122 cm³/mol. The highest BCUT2D eigenvalue weighted by molar-refractivity contribution is 5.82. The maximum Gasteiger partial charge on any atom is 0.260 e. The molecule has 0 radical (unpaired) electrons. The first-order valence-corrected chi connectivity index (χ1v) is 10.3. The second kappa shape index (κ2) is 10.4. The quantitative estimate of drug-likeness (QED) is 0.431. The summed E-state index contributed by atoms with van der Waals surface area (Å²) in [6.45, 7) is 2.45. The number of nitrogens with zero attached hydrogens (tertiary/aromatic N) is 3. The molecule has 4 rings (SSSR count). The van der Waals surface area contributed by atoms with Crippen LogP contribution in [0.4, 0.5) is 11.4 Å². The molecular weight excluding hydrogens is 390 g/mol. The molecule has 31 heavy (non-hydrogen) atoms. The Bertz CT molecular complexity index is 946. The van der Waals surface area contributed by atoms with Crippen molar-refractivity contribution in [3.8, 4) is 5.75 Å². The van der Waals surface area contributed by atoms with Gasteiger partial charge in [-0.2, -0.15) is 5.10 Å². The average Bonchev–Trinajstić information content (AvgIpc) is 2.85. The minimum atomic E-state index is -0.0182. The molecule has 3 aromatic rings. The molecule has 6 heteroatoms. The molecule has 0 saturated carbocycles. The number of para-hydroxylation sites is 2. The lowest BCUT2D eigenvalue weighted by Crippen LogP contribution is -2.42. The first-order chi connectivity index (χ1) is 15.3. The van der Waals surface area contributed by atoms with E-state index in [1.807, 2.05) is 96.2 Å². The van der Waals surface area contributed by atoms with Gasteiger partial charge in [-0.1, -0.05) is 36.4 Å². The Kier molecular flexibility index (Phi) is 6.92. The molecule has 3 aromatic carbocycles. The lowest BCUT2D eigenvalue weighted by atomic mass is 10.2. The Morgan fingerprint density at radius 3 is 2.06 bits per heavy atom. The summed E-state index contributed by atoms with van der Waals surface area (Å²) in [7, 11) is 0. The predicted octanol–water partition coefficient (Wildman–Crippen LogP) is 4.10. The average molecular weight is 415 g/mol. The van der Waals surface area contributed by atoms with Crippen molar-refractivity contribution in [2.45, 2.75) is 0 Å². The zero-order valence-corrected chi connectivity index (χ0v) is 17.3. The van der Waals surface area contributed by atoms with Crippen LogP contribution in [-0.4, -0.2) is 49.9 Å². The molecule has 1 amide bonds. The summed E-state index contributed by atoms with van der Waals surface area (Å²) in [5.74, 6) is 0.636. The van der Waals surface area contributed by atoms with Crippen LogP contribution in [0.5, 0.6) is 5.75 Å². The number of anilines is 2. The van der Waals surface area contributed by atoms with Gasteiger partial charge in [0.25, 0.3) is 5.91 Å². The molecule has 0 aliphatic carbocycles. The molecule has 0 aromatic heterocycles. The summed E-state index contributed by atoms with van der Waals surface area (Å²) in [6.07, 6.45) is 1.81. The van der Waals surface area contributed by atoms with Gasteiger partial charge in [-0.25, -0.2) is 5.01 Å². The van der Waals surface area contributed by atoms with Crippen molar-refractivity contribution in [2.75, 3.05) is 37.9 Å². The van der Waals surface area contributed by atoms with Gasteiger partial charge in [-0.15, -0.1) is 0 Å². The number of rotatable bonds is 7. The second-order valence-electron chi connectivity index (χ2n) is 7.08. The van der Waals surface area contributed by atoms with Crippen molar-refractivity contribution in [3.63, 3.8) is 0 Å². The minimum absolute atomic E-state index is 0.0182. The second-order valence-corrected chi connectivity index (χ2v) is 7.08. The van der Waals surface area contributed by atoms with Gasteiger partial charge in [0.05, 0.1) is 30.8 Å². The monoisotopic (exact) mass is 415 g/mol. The summed E-state index contributed by atoms with van der Waals surface area (Å²) < 4.78 is 10.9. The van der Waals surface area contributed by atoms with Crippen molar-refractivity contribution >= 4 is 23.5 Å². The van der Waals surface area contributed by atoms with Crippen molar-refractivity contribution in [1.29, 1.82) is 0 Å². The fraction of sp³-hybridized carbons (Fsp3) is 0.200. The van der Waals surface area contributed by atoms with E-state index in [2.05, 4.69) is 0 Å². The molecule has 0 spiro atoms. The summed E-state index contributed by atoms with van der Waals surface area (Å²) in [5.41, 5.74) is 2.89. The van der Waals surface area contributed by atoms with Crippen LogP contribution in [0.25, 0.3) is 0 Å². The fourth-order valence-electron chi connectivity index (χ4n) is 3.24. The number of carbonyl (C=O) groups excluding carboxylic acids is 1. The van der Waals surface area contributed by atoms with Gasteiger partial charge in [0, 0.05) is 13.1 Å². The Morgan fingerprint density at radius 2 is 1.48 bits per heavy atom. The summed E-state index contributed by atoms with van der Waals surface area (Å²) >= 11 is 0. The van der Waals surface area contributed by atoms with Gasteiger partial charge in [0.15, 0.2) is 6.61 Å². The van der Waals surface area contributed by atoms with Crippen LogP contribution in [0.2, 0.25) is 0 Å². The van der Waals surface area contributed by atoms with Crippen LogP contribution in [0.15, 0.2) is 90.0 Å². The molecule has 1 heterocycles. The minimum Gasteiger partial charge on any atom is -0.484 e. The number of hydrazone groups is 1.